The van der Waals surface area contributed by atoms with Crippen LogP contribution >= 0.6 is 15.9 Å². The third-order valence-corrected chi connectivity index (χ3v) is 3.26. The van der Waals surface area contributed by atoms with Crippen LogP contribution in [0.3, 0.4) is 0 Å². The van der Waals surface area contributed by atoms with Gasteiger partial charge in [-0.1, -0.05) is 27.7 Å². The van der Waals surface area contributed by atoms with Crippen molar-refractivity contribution in [1.29, 1.82) is 0 Å². The topological polar surface area (TPSA) is 54.6 Å². The van der Waals surface area contributed by atoms with E-state index in [0.29, 0.717) is 12.4 Å². The molecule has 0 unspecified atom stereocenters. The van der Waals surface area contributed by atoms with Gasteiger partial charge in [0.1, 0.15) is 5.82 Å². The average Bonchev–Trinajstić information content (AvgIpc) is 2.92. The lowest BCUT2D eigenvalue weighted by Gasteiger charge is -2.13. The van der Waals surface area contributed by atoms with Gasteiger partial charge in [-0.15, -0.1) is 0 Å². The molecule has 122 valence electrons. The van der Waals surface area contributed by atoms with Crippen molar-refractivity contribution in [3.05, 3.63) is 28.5 Å². The summed E-state index contributed by atoms with van der Waals surface area (Å²) in [5.41, 5.74) is 1.17. The average molecular weight is 368 g/mol. The highest BCUT2D eigenvalue weighted by Gasteiger charge is 2.10. The molecule has 0 spiro atoms. The molecule has 0 fully saturated rings. The first-order valence-corrected chi connectivity index (χ1v) is 8.25. The molecule has 0 atom stereocenters. The van der Waals surface area contributed by atoms with Crippen LogP contribution in [0.4, 0.5) is 5.82 Å². The predicted octanol–water partition coefficient (Wildman–Crippen LogP) is 4.80. The zero-order valence-corrected chi connectivity index (χ0v) is 15.5. The summed E-state index contributed by atoms with van der Waals surface area (Å²) in [6.07, 6.45) is 7.35. The summed E-state index contributed by atoms with van der Waals surface area (Å²) in [7, 11) is 0. The molecule has 0 amide bonds. The van der Waals surface area contributed by atoms with E-state index in [9.17, 15) is 0 Å². The van der Waals surface area contributed by atoms with Crippen LogP contribution in [0.1, 0.15) is 40.5 Å². The molecule has 0 bridgehead atoms. The van der Waals surface area contributed by atoms with Gasteiger partial charge in [0.2, 0.25) is 0 Å². The third-order valence-electron chi connectivity index (χ3n) is 2.70. The molecule has 0 aliphatic carbocycles. The first-order valence-electron chi connectivity index (χ1n) is 7.46. The Balaban J connectivity index is 0.00000211. The molecule has 1 N–H and O–H groups in total. The van der Waals surface area contributed by atoms with Crippen molar-refractivity contribution in [1.82, 2.24) is 15.1 Å². The van der Waals surface area contributed by atoms with Gasteiger partial charge in [0.25, 0.3) is 0 Å². The second-order valence-electron chi connectivity index (χ2n) is 4.06. The number of aliphatic imine (C=N–C) groups is 2. The summed E-state index contributed by atoms with van der Waals surface area (Å²) in [5.74, 6) is 1.56. The lowest BCUT2D eigenvalue weighted by molar-refractivity contribution is 0.785. The van der Waals surface area contributed by atoms with Gasteiger partial charge in [-0.25, -0.2) is 4.99 Å². The minimum absolute atomic E-state index is 0.682. The largest absolute Gasteiger partial charge is 0.366 e. The fraction of sp³-hybridized carbons (Fsp3) is 0.438. The van der Waals surface area contributed by atoms with Gasteiger partial charge >= 0.3 is 0 Å². The molecule has 22 heavy (non-hydrogen) atoms. The molecule has 1 rings (SSSR count). The number of hydrogen-bond acceptors (Lipinski definition) is 4. The summed E-state index contributed by atoms with van der Waals surface area (Å²) in [5, 5.41) is 7.66. The van der Waals surface area contributed by atoms with Crippen LogP contribution in [0.25, 0.3) is 5.82 Å². The SMILES string of the molecule is C=N/C=C(\CC)CN/C(=C/CC)n1ncc(Br)c1N=C.CC. The third kappa shape index (κ3) is 5.97. The van der Waals surface area contributed by atoms with E-state index in [1.165, 1.54) is 5.57 Å². The predicted molar refractivity (Wildman–Crippen MR) is 101 cm³/mol. The first kappa shape index (κ1) is 20.3. The number of rotatable bonds is 8. The van der Waals surface area contributed by atoms with Gasteiger partial charge in [-0.3, -0.25) is 4.99 Å². The second-order valence-corrected chi connectivity index (χ2v) is 4.92. The number of halogens is 1. The van der Waals surface area contributed by atoms with E-state index >= 15 is 0 Å². The van der Waals surface area contributed by atoms with Gasteiger partial charge in [0, 0.05) is 12.7 Å². The first-order chi connectivity index (χ1) is 10.7. The summed E-state index contributed by atoms with van der Waals surface area (Å²) < 4.78 is 2.55. The maximum Gasteiger partial charge on any atom is 0.171 e. The Morgan fingerprint density at radius 3 is 2.59 bits per heavy atom. The van der Waals surface area contributed by atoms with Crippen LogP contribution in [-0.2, 0) is 0 Å². The zero-order chi connectivity index (χ0) is 17.0. The van der Waals surface area contributed by atoms with Crippen LogP contribution in [-0.4, -0.2) is 29.8 Å². The minimum atomic E-state index is 0.682. The number of hydrogen-bond donors (Lipinski definition) is 1. The van der Waals surface area contributed by atoms with Crippen molar-refractivity contribution < 1.29 is 0 Å². The van der Waals surface area contributed by atoms with Gasteiger partial charge in [0.05, 0.1) is 10.7 Å². The molecule has 0 saturated carbocycles. The molecule has 1 aromatic heterocycles. The van der Waals surface area contributed by atoms with E-state index in [1.807, 2.05) is 13.8 Å². The number of aromatic nitrogens is 2. The Morgan fingerprint density at radius 2 is 2.09 bits per heavy atom. The van der Waals surface area contributed by atoms with Gasteiger partial charge in [-0.05, 0) is 53.9 Å². The van der Waals surface area contributed by atoms with Crippen LogP contribution in [0.5, 0.6) is 0 Å². The zero-order valence-electron chi connectivity index (χ0n) is 13.9. The standard InChI is InChI=1S/C14H20BrN5.C2H6/c1-5-7-13(18-9-11(6-2)8-16-3)20-14(17-4)12(15)10-19-20;1-2/h7-8,10,18H,3-6,9H2,1-2H3;1-2H3/b11-8+,13-7-;. The summed E-state index contributed by atoms with van der Waals surface area (Å²) in [6.45, 7) is 15.9. The van der Waals surface area contributed by atoms with Gasteiger partial charge in [0.15, 0.2) is 5.82 Å². The van der Waals surface area contributed by atoms with Crippen molar-refractivity contribution in [3.8, 4) is 0 Å². The Labute approximate surface area is 142 Å². The maximum atomic E-state index is 4.31. The highest BCUT2D eigenvalue weighted by atomic mass is 79.9. The normalized spacial score (nSPS) is 11.5. The minimum Gasteiger partial charge on any atom is -0.366 e. The molecule has 1 aromatic rings. The summed E-state index contributed by atoms with van der Waals surface area (Å²) >= 11 is 3.41. The van der Waals surface area contributed by atoms with Gasteiger partial charge in [-0.2, -0.15) is 9.78 Å². The molecule has 5 nitrogen and oxygen atoms in total. The molecular formula is C16H26BrN5. The summed E-state index contributed by atoms with van der Waals surface area (Å²) in [4.78, 5) is 7.81. The fourth-order valence-corrected chi connectivity index (χ4v) is 2.05. The van der Waals surface area contributed by atoms with Crippen molar-refractivity contribution in [2.45, 2.75) is 40.5 Å². The van der Waals surface area contributed by atoms with E-state index in [0.717, 1.165) is 23.1 Å². The van der Waals surface area contributed by atoms with E-state index in [1.54, 1.807) is 17.1 Å². The molecule has 0 saturated heterocycles. The van der Waals surface area contributed by atoms with E-state index in [2.05, 4.69) is 69.7 Å². The highest BCUT2D eigenvalue weighted by molar-refractivity contribution is 9.10. The van der Waals surface area contributed by atoms with Crippen LogP contribution in [0.15, 0.2) is 38.5 Å². The smallest absolute Gasteiger partial charge is 0.171 e. The van der Waals surface area contributed by atoms with Crippen molar-refractivity contribution >= 4 is 41.0 Å². The number of nitrogens with zero attached hydrogens (tertiary/aromatic N) is 4. The number of allylic oxidation sites excluding steroid dienone is 1. The Bertz CT molecular complexity index is 529. The van der Waals surface area contributed by atoms with Crippen molar-refractivity contribution in [2.24, 2.45) is 9.98 Å². The maximum absolute atomic E-state index is 4.31. The van der Waals surface area contributed by atoms with E-state index < -0.39 is 0 Å². The number of nitrogens with one attached hydrogen (secondary N) is 1. The Kier molecular flexibility index (Phi) is 11.0. The molecule has 1 heterocycles. The van der Waals surface area contributed by atoms with Crippen LogP contribution < -0.4 is 5.32 Å². The monoisotopic (exact) mass is 367 g/mol. The molecule has 0 aliphatic heterocycles. The summed E-state index contributed by atoms with van der Waals surface area (Å²) in [6, 6.07) is 0. The van der Waals surface area contributed by atoms with E-state index in [-0.39, 0.29) is 0 Å². The van der Waals surface area contributed by atoms with E-state index in [4.69, 9.17) is 0 Å². The highest BCUT2D eigenvalue weighted by Crippen LogP contribution is 2.26. The lowest BCUT2D eigenvalue weighted by atomic mass is 10.2. The Morgan fingerprint density at radius 1 is 1.41 bits per heavy atom. The van der Waals surface area contributed by atoms with Gasteiger partial charge < -0.3 is 5.32 Å². The Hall–Kier alpha value is -1.69. The molecule has 0 radical (unpaired) electrons. The molecule has 0 aromatic carbocycles. The molecule has 6 heteroatoms. The second kappa shape index (κ2) is 11.9. The molecule has 0 aliphatic rings. The van der Waals surface area contributed by atoms with Crippen molar-refractivity contribution in [3.63, 3.8) is 0 Å². The van der Waals surface area contributed by atoms with Crippen LogP contribution in [0.2, 0.25) is 0 Å². The molecular weight excluding hydrogens is 342 g/mol. The van der Waals surface area contributed by atoms with Crippen molar-refractivity contribution in [2.75, 3.05) is 6.54 Å². The fourth-order valence-electron chi connectivity index (χ4n) is 1.66. The van der Waals surface area contributed by atoms with Crippen LogP contribution in [0, 0.1) is 0 Å². The lowest BCUT2D eigenvalue weighted by Crippen LogP contribution is -2.20. The quantitative estimate of drug-likeness (QED) is 0.671.